The summed E-state index contributed by atoms with van der Waals surface area (Å²) in [4.78, 5) is 3.51. The second-order valence-electron chi connectivity index (χ2n) is 8.69. The average molecular weight is 321 g/mol. The molecule has 2 aromatic carbocycles. The number of phenols is 1. The van der Waals surface area contributed by atoms with Gasteiger partial charge in [-0.05, 0) is 40.7 Å². The molecule has 0 spiro atoms. The monoisotopic (exact) mass is 321 g/mol. The summed E-state index contributed by atoms with van der Waals surface area (Å²) in [7, 11) is 0. The number of aromatic amines is 1. The number of benzene rings is 2. The molecule has 24 heavy (non-hydrogen) atoms. The van der Waals surface area contributed by atoms with Gasteiger partial charge in [-0.25, -0.2) is 0 Å². The first-order valence-corrected chi connectivity index (χ1v) is 8.53. The number of hydrogen-bond acceptors (Lipinski definition) is 1. The van der Waals surface area contributed by atoms with E-state index in [0.717, 1.165) is 27.9 Å². The molecule has 0 amide bonds. The van der Waals surface area contributed by atoms with Crippen molar-refractivity contribution >= 4 is 10.9 Å². The number of phenolic OH excluding ortho intramolecular Hbond substituents is 1. The molecule has 0 fully saturated rings. The fourth-order valence-electron chi connectivity index (χ4n) is 3.16. The molecular weight excluding hydrogens is 294 g/mol. The van der Waals surface area contributed by atoms with Gasteiger partial charge in [0.25, 0.3) is 0 Å². The van der Waals surface area contributed by atoms with Crippen LogP contribution in [0.25, 0.3) is 22.2 Å². The predicted molar refractivity (Wildman–Crippen MR) is 103 cm³/mol. The Morgan fingerprint density at radius 3 is 1.83 bits per heavy atom. The number of H-pyrrole nitrogens is 1. The molecule has 0 bridgehead atoms. The van der Waals surface area contributed by atoms with Crippen LogP contribution in [-0.4, -0.2) is 10.1 Å². The Labute approximate surface area is 144 Å². The predicted octanol–water partition coefficient (Wildman–Crippen LogP) is 6.14. The first-order valence-electron chi connectivity index (χ1n) is 8.53. The topological polar surface area (TPSA) is 36.0 Å². The maximum Gasteiger partial charge on any atom is 0.123 e. The Bertz CT molecular complexity index is 820. The third-order valence-electron chi connectivity index (χ3n) is 4.57. The highest BCUT2D eigenvalue weighted by Crippen LogP contribution is 2.42. The molecule has 0 unspecified atom stereocenters. The molecule has 126 valence electrons. The van der Waals surface area contributed by atoms with Gasteiger partial charge in [-0.15, -0.1) is 0 Å². The van der Waals surface area contributed by atoms with Crippen molar-refractivity contribution in [3.05, 3.63) is 53.6 Å². The summed E-state index contributed by atoms with van der Waals surface area (Å²) in [5, 5.41) is 12.1. The Kier molecular flexibility index (Phi) is 3.75. The van der Waals surface area contributed by atoms with Crippen molar-refractivity contribution in [3.8, 4) is 17.0 Å². The van der Waals surface area contributed by atoms with Gasteiger partial charge in [0.05, 0.1) is 0 Å². The van der Waals surface area contributed by atoms with E-state index in [1.54, 1.807) is 0 Å². The van der Waals surface area contributed by atoms with Crippen LogP contribution in [0.4, 0.5) is 0 Å². The van der Waals surface area contributed by atoms with Crippen LogP contribution in [0.2, 0.25) is 0 Å². The van der Waals surface area contributed by atoms with Gasteiger partial charge in [-0.3, -0.25) is 0 Å². The van der Waals surface area contributed by atoms with Crippen molar-refractivity contribution in [3.63, 3.8) is 0 Å². The van der Waals surface area contributed by atoms with Gasteiger partial charge in [0.2, 0.25) is 0 Å². The largest absolute Gasteiger partial charge is 0.507 e. The molecule has 2 heteroatoms. The van der Waals surface area contributed by atoms with Gasteiger partial charge >= 0.3 is 0 Å². The maximum absolute atomic E-state index is 10.9. The van der Waals surface area contributed by atoms with E-state index in [4.69, 9.17) is 0 Å². The Morgan fingerprint density at radius 1 is 0.792 bits per heavy atom. The van der Waals surface area contributed by atoms with Gasteiger partial charge in [0, 0.05) is 27.7 Å². The molecule has 1 heterocycles. The minimum atomic E-state index is -0.119. The van der Waals surface area contributed by atoms with E-state index in [9.17, 15) is 5.11 Å². The molecule has 2 nitrogen and oxygen atoms in total. The van der Waals surface area contributed by atoms with Gasteiger partial charge in [0.1, 0.15) is 5.75 Å². The van der Waals surface area contributed by atoms with Crippen molar-refractivity contribution in [2.45, 2.75) is 52.4 Å². The molecule has 0 radical (unpaired) electrons. The minimum Gasteiger partial charge on any atom is -0.507 e. The molecule has 0 aliphatic carbocycles. The normalized spacial score (nSPS) is 12.8. The van der Waals surface area contributed by atoms with Gasteiger partial charge in [-0.2, -0.15) is 0 Å². The molecule has 0 saturated carbocycles. The van der Waals surface area contributed by atoms with Crippen molar-refractivity contribution < 1.29 is 5.11 Å². The summed E-state index contributed by atoms with van der Waals surface area (Å²) in [6.07, 6.45) is 0. The smallest absolute Gasteiger partial charge is 0.123 e. The second-order valence-corrected chi connectivity index (χ2v) is 8.69. The van der Waals surface area contributed by atoms with Gasteiger partial charge in [-0.1, -0.05) is 59.7 Å². The summed E-state index contributed by atoms with van der Waals surface area (Å²) in [5.74, 6) is 0.426. The number of hydrogen-bond donors (Lipinski definition) is 2. The molecule has 0 atom stereocenters. The summed E-state index contributed by atoms with van der Waals surface area (Å²) in [5.41, 5.74) is 5.09. The highest BCUT2D eigenvalue weighted by atomic mass is 16.3. The van der Waals surface area contributed by atoms with Crippen LogP contribution in [0, 0.1) is 0 Å². The van der Waals surface area contributed by atoms with E-state index in [2.05, 4.69) is 82.9 Å². The van der Waals surface area contributed by atoms with E-state index in [1.807, 2.05) is 6.07 Å². The molecule has 2 N–H and O–H groups in total. The van der Waals surface area contributed by atoms with Crippen LogP contribution in [0.5, 0.6) is 5.75 Å². The third kappa shape index (κ3) is 2.93. The lowest BCUT2D eigenvalue weighted by atomic mass is 9.78. The second kappa shape index (κ2) is 5.41. The summed E-state index contributed by atoms with van der Waals surface area (Å²) in [6, 6.07) is 14.7. The van der Waals surface area contributed by atoms with E-state index < -0.39 is 0 Å². The number of fused-ring (bicyclic) bond motifs is 1. The molecule has 0 aliphatic rings. The highest BCUT2D eigenvalue weighted by molar-refractivity contribution is 5.86. The number of aromatic nitrogens is 1. The van der Waals surface area contributed by atoms with E-state index in [1.165, 1.54) is 5.39 Å². The zero-order valence-electron chi connectivity index (χ0n) is 15.5. The molecule has 0 aliphatic heterocycles. The van der Waals surface area contributed by atoms with Crippen LogP contribution in [0.3, 0.4) is 0 Å². The van der Waals surface area contributed by atoms with Gasteiger partial charge < -0.3 is 10.1 Å². The average Bonchev–Trinajstić information content (AvgIpc) is 2.88. The Morgan fingerprint density at radius 2 is 1.33 bits per heavy atom. The van der Waals surface area contributed by atoms with Gasteiger partial charge in [0.15, 0.2) is 0 Å². The van der Waals surface area contributed by atoms with Crippen LogP contribution in [-0.2, 0) is 10.8 Å². The SMILES string of the molecule is CC(C)(C)c1cc(-c2cc3ccccc3[nH]2)cc(C(C)(C)C)c1O. The highest BCUT2D eigenvalue weighted by Gasteiger charge is 2.27. The number of nitrogens with one attached hydrogen (secondary N) is 1. The summed E-state index contributed by atoms with van der Waals surface area (Å²) >= 11 is 0. The lowest BCUT2D eigenvalue weighted by molar-refractivity contribution is 0.423. The van der Waals surface area contributed by atoms with E-state index in [0.29, 0.717) is 5.75 Å². The maximum atomic E-state index is 10.9. The van der Waals surface area contributed by atoms with Crippen LogP contribution < -0.4 is 0 Å². The summed E-state index contributed by atoms with van der Waals surface area (Å²) < 4.78 is 0. The van der Waals surface area contributed by atoms with Crippen LogP contribution >= 0.6 is 0 Å². The van der Waals surface area contributed by atoms with Crippen LogP contribution in [0.1, 0.15) is 52.7 Å². The third-order valence-corrected chi connectivity index (χ3v) is 4.57. The van der Waals surface area contributed by atoms with Crippen molar-refractivity contribution in [2.24, 2.45) is 0 Å². The zero-order valence-corrected chi connectivity index (χ0v) is 15.5. The molecular formula is C22H27NO. The lowest BCUT2D eigenvalue weighted by Gasteiger charge is -2.28. The molecule has 1 aromatic heterocycles. The fraction of sp³-hybridized carbons (Fsp3) is 0.364. The number of para-hydroxylation sites is 1. The fourth-order valence-corrected chi connectivity index (χ4v) is 3.16. The minimum absolute atomic E-state index is 0.119. The summed E-state index contributed by atoms with van der Waals surface area (Å²) in [6.45, 7) is 12.9. The zero-order chi connectivity index (χ0) is 17.7. The van der Waals surface area contributed by atoms with E-state index in [-0.39, 0.29) is 10.8 Å². The lowest BCUT2D eigenvalue weighted by Crippen LogP contribution is -2.17. The molecule has 3 aromatic rings. The molecule has 0 saturated heterocycles. The first kappa shape index (κ1) is 16.6. The standard InChI is InChI=1S/C22H27NO/c1-21(2,3)16-11-15(12-17(20(16)24)22(4,5)6)19-13-14-9-7-8-10-18(14)23-19/h7-13,23-24H,1-6H3. The van der Waals surface area contributed by atoms with Crippen molar-refractivity contribution in [2.75, 3.05) is 0 Å². The number of rotatable bonds is 1. The first-order chi connectivity index (χ1) is 11.1. The van der Waals surface area contributed by atoms with E-state index >= 15 is 0 Å². The Hall–Kier alpha value is -2.22. The Balaban J connectivity index is 2.28. The van der Waals surface area contributed by atoms with Crippen LogP contribution in [0.15, 0.2) is 42.5 Å². The van der Waals surface area contributed by atoms with Crippen molar-refractivity contribution in [1.82, 2.24) is 4.98 Å². The molecule has 3 rings (SSSR count). The number of aromatic hydroxyl groups is 1. The quantitative estimate of drug-likeness (QED) is 0.555. The van der Waals surface area contributed by atoms with Crippen molar-refractivity contribution in [1.29, 1.82) is 0 Å².